The monoisotopic (exact) mass is 400 g/mol. The van der Waals surface area contributed by atoms with Crippen LogP contribution in [0.5, 0.6) is 0 Å². The van der Waals surface area contributed by atoms with E-state index in [0.29, 0.717) is 25.0 Å². The maximum Gasteiger partial charge on any atom is 0.265 e. The number of amides is 2. The van der Waals surface area contributed by atoms with E-state index in [2.05, 4.69) is 18.8 Å². The van der Waals surface area contributed by atoms with Gasteiger partial charge >= 0.3 is 0 Å². The first-order chi connectivity index (χ1) is 13.2. The molecule has 3 atom stereocenters. The molecule has 0 aliphatic carbocycles. The van der Waals surface area contributed by atoms with Crippen molar-refractivity contribution in [3.05, 3.63) is 0 Å². The van der Waals surface area contributed by atoms with Crippen LogP contribution in [0, 0.1) is 5.92 Å². The Morgan fingerprint density at radius 3 is 2.86 bits per heavy atom. The number of carbonyl (C=O) groups is 2. The van der Waals surface area contributed by atoms with Crippen LogP contribution in [0.3, 0.4) is 0 Å². The molecular weight excluding hydrogens is 370 g/mol. The molecule has 158 valence electrons. The van der Waals surface area contributed by atoms with Crippen molar-refractivity contribution in [2.45, 2.75) is 70.0 Å². The largest absolute Gasteiger partial charge is 0.477 e. The van der Waals surface area contributed by atoms with E-state index >= 15 is 0 Å². The minimum absolute atomic E-state index is 0.00669. The van der Waals surface area contributed by atoms with Gasteiger partial charge in [-0.3, -0.25) is 9.59 Å². The highest BCUT2D eigenvalue weighted by molar-refractivity contribution is 5.89. The fourth-order valence-corrected chi connectivity index (χ4v) is 4.00. The van der Waals surface area contributed by atoms with Gasteiger partial charge in [-0.25, -0.2) is 13.8 Å². The third-order valence-corrected chi connectivity index (χ3v) is 5.69. The van der Waals surface area contributed by atoms with Gasteiger partial charge in [0, 0.05) is 38.4 Å². The number of rotatable bonds is 6. The molecule has 0 unspecified atom stereocenters. The smallest absolute Gasteiger partial charge is 0.265 e. The molecule has 3 aliphatic rings. The second kappa shape index (κ2) is 8.31. The van der Waals surface area contributed by atoms with Gasteiger partial charge in [-0.2, -0.15) is 0 Å². The van der Waals surface area contributed by atoms with Crippen molar-refractivity contribution in [3.63, 3.8) is 0 Å². The molecule has 3 rings (SSSR count). The van der Waals surface area contributed by atoms with Crippen LogP contribution >= 0.6 is 0 Å². The molecule has 3 aliphatic heterocycles. The minimum Gasteiger partial charge on any atom is -0.477 e. The number of ether oxygens (including phenoxy) is 1. The van der Waals surface area contributed by atoms with Crippen molar-refractivity contribution in [1.82, 2.24) is 9.80 Å². The Bertz CT molecular complexity index is 641. The third-order valence-electron chi connectivity index (χ3n) is 5.69. The number of likely N-dealkylation sites (tertiary alicyclic amines) is 2. The number of piperidine rings is 1. The van der Waals surface area contributed by atoms with Gasteiger partial charge in [0.2, 0.25) is 17.7 Å². The molecule has 0 spiro atoms. The third kappa shape index (κ3) is 4.79. The summed E-state index contributed by atoms with van der Waals surface area (Å²) in [5.74, 6) is -2.38. The van der Waals surface area contributed by atoms with Crippen LogP contribution < -0.4 is 5.73 Å². The number of aliphatic imine (C=N–C) groups is 1. The van der Waals surface area contributed by atoms with Gasteiger partial charge in [0.25, 0.3) is 5.92 Å². The van der Waals surface area contributed by atoms with Crippen LogP contribution in [0.15, 0.2) is 4.99 Å². The predicted octanol–water partition coefficient (Wildman–Crippen LogP) is 1.41. The van der Waals surface area contributed by atoms with Crippen molar-refractivity contribution < 1.29 is 23.1 Å². The van der Waals surface area contributed by atoms with Crippen LogP contribution in [0.2, 0.25) is 0 Å². The zero-order valence-electron chi connectivity index (χ0n) is 16.6. The molecule has 9 heteroatoms. The second-order valence-corrected chi connectivity index (χ2v) is 8.43. The van der Waals surface area contributed by atoms with Crippen molar-refractivity contribution in [2.75, 3.05) is 26.2 Å². The summed E-state index contributed by atoms with van der Waals surface area (Å²) in [5, 5.41) is 0. The first kappa shape index (κ1) is 21.0. The standard InChI is InChI=1S/C19H30F2N4O3/c1-12(2)14-10-28-18(23-14)15-4-3-7-25(15)17(27)8-13(22)9-24-11-19(20,21)6-5-16(24)26/h12-15H,3-11,22H2,1-2H3/t13-,14+,15-/m0/s1. The Morgan fingerprint density at radius 2 is 2.18 bits per heavy atom. The first-order valence-electron chi connectivity index (χ1n) is 10.1. The minimum atomic E-state index is -2.89. The van der Waals surface area contributed by atoms with E-state index in [1.807, 2.05) is 0 Å². The van der Waals surface area contributed by atoms with Gasteiger partial charge in [-0.05, 0) is 18.8 Å². The van der Waals surface area contributed by atoms with E-state index in [4.69, 9.17) is 10.5 Å². The number of halogens is 2. The van der Waals surface area contributed by atoms with E-state index in [1.165, 1.54) is 0 Å². The zero-order valence-corrected chi connectivity index (χ0v) is 16.6. The molecule has 0 bridgehead atoms. The number of nitrogens with zero attached hydrogens (tertiary/aromatic N) is 3. The highest BCUT2D eigenvalue weighted by Gasteiger charge is 2.40. The quantitative estimate of drug-likeness (QED) is 0.730. The molecule has 2 saturated heterocycles. The van der Waals surface area contributed by atoms with E-state index in [9.17, 15) is 18.4 Å². The Hall–Kier alpha value is -1.77. The molecular formula is C19H30F2N4O3. The molecule has 2 amide bonds. The molecule has 28 heavy (non-hydrogen) atoms. The number of alkyl halides is 2. The van der Waals surface area contributed by atoms with Gasteiger partial charge in [0.1, 0.15) is 12.6 Å². The number of carbonyl (C=O) groups excluding carboxylic acids is 2. The van der Waals surface area contributed by atoms with Crippen molar-refractivity contribution >= 4 is 17.7 Å². The lowest BCUT2D eigenvalue weighted by Gasteiger charge is -2.34. The van der Waals surface area contributed by atoms with Crippen molar-refractivity contribution in [3.8, 4) is 0 Å². The first-order valence-corrected chi connectivity index (χ1v) is 10.1. The molecule has 0 aromatic rings. The number of hydrogen-bond acceptors (Lipinski definition) is 5. The summed E-state index contributed by atoms with van der Waals surface area (Å²) in [6.45, 7) is 4.65. The molecule has 0 aromatic carbocycles. The van der Waals surface area contributed by atoms with Crippen molar-refractivity contribution in [1.29, 1.82) is 0 Å². The molecule has 2 fully saturated rings. The van der Waals surface area contributed by atoms with Gasteiger partial charge in [-0.1, -0.05) is 13.8 Å². The van der Waals surface area contributed by atoms with Crippen LogP contribution in [0.25, 0.3) is 0 Å². The highest BCUT2D eigenvalue weighted by Crippen LogP contribution is 2.28. The molecule has 0 saturated carbocycles. The Balaban J connectivity index is 1.56. The van der Waals surface area contributed by atoms with E-state index < -0.39 is 24.9 Å². The highest BCUT2D eigenvalue weighted by atomic mass is 19.3. The fraction of sp³-hybridized carbons (Fsp3) is 0.842. The molecule has 0 aromatic heterocycles. The predicted molar refractivity (Wildman–Crippen MR) is 100 cm³/mol. The van der Waals surface area contributed by atoms with Crippen LogP contribution in [0.4, 0.5) is 8.78 Å². The topological polar surface area (TPSA) is 88.2 Å². The molecule has 7 nitrogen and oxygen atoms in total. The summed E-state index contributed by atoms with van der Waals surface area (Å²) < 4.78 is 32.9. The lowest BCUT2D eigenvalue weighted by atomic mass is 10.0. The SMILES string of the molecule is CC(C)[C@H]1COC([C@@H]2CCCN2C(=O)C[C@H](N)CN2CC(F)(F)CCC2=O)=N1. The lowest BCUT2D eigenvalue weighted by Crippen LogP contribution is -2.51. The molecule has 0 radical (unpaired) electrons. The van der Waals surface area contributed by atoms with Crippen LogP contribution in [-0.4, -0.2) is 77.8 Å². The summed E-state index contributed by atoms with van der Waals surface area (Å²) in [5.41, 5.74) is 6.04. The van der Waals surface area contributed by atoms with Crippen molar-refractivity contribution in [2.24, 2.45) is 16.6 Å². The van der Waals surface area contributed by atoms with Gasteiger partial charge in [-0.15, -0.1) is 0 Å². The summed E-state index contributed by atoms with van der Waals surface area (Å²) in [4.78, 5) is 32.1. The van der Waals surface area contributed by atoms with E-state index in [0.717, 1.165) is 17.7 Å². The maximum absolute atomic E-state index is 13.6. The summed E-state index contributed by atoms with van der Waals surface area (Å²) in [6, 6.07) is -0.743. The summed E-state index contributed by atoms with van der Waals surface area (Å²) in [7, 11) is 0. The normalized spacial score (nSPS) is 28.5. The Morgan fingerprint density at radius 1 is 1.43 bits per heavy atom. The molecule has 3 heterocycles. The summed E-state index contributed by atoms with van der Waals surface area (Å²) >= 11 is 0. The van der Waals surface area contributed by atoms with Crippen LogP contribution in [0.1, 0.15) is 46.0 Å². The van der Waals surface area contributed by atoms with E-state index in [-0.39, 0.29) is 43.3 Å². The number of hydrogen-bond donors (Lipinski definition) is 1. The van der Waals surface area contributed by atoms with Gasteiger partial charge < -0.3 is 20.3 Å². The maximum atomic E-state index is 13.6. The lowest BCUT2D eigenvalue weighted by molar-refractivity contribution is -0.147. The van der Waals surface area contributed by atoms with Gasteiger partial charge in [0.05, 0.1) is 12.6 Å². The molecule has 2 N–H and O–H groups in total. The zero-order chi connectivity index (χ0) is 20.5. The number of nitrogens with two attached hydrogens (primary N) is 1. The fourth-order valence-electron chi connectivity index (χ4n) is 4.00. The van der Waals surface area contributed by atoms with Gasteiger partial charge in [0.15, 0.2) is 0 Å². The van der Waals surface area contributed by atoms with E-state index in [1.54, 1.807) is 4.90 Å². The average molecular weight is 400 g/mol. The average Bonchev–Trinajstić information content (AvgIpc) is 3.26. The Kier molecular flexibility index (Phi) is 6.21. The Labute approximate surface area is 164 Å². The second-order valence-electron chi connectivity index (χ2n) is 8.43. The van der Waals surface area contributed by atoms with Crippen LogP contribution in [-0.2, 0) is 14.3 Å². The summed E-state index contributed by atoms with van der Waals surface area (Å²) in [6.07, 6.45) is 1.05.